The van der Waals surface area contributed by atoms with Crippen molar-refractivity contribution in [2.75, 3.05) is 31.6 Å². The molecule has 1 N–H and O–H groups in total. The largest absolute Gasteiger partial charge is 0.375 e. The van der Waals surface area contributed by atoms with E-state index in [1.807, 2.05) is 29.2 Å². The van der Waals surface area contributed by atoms with Gasteiger partial charge in [0.05, 0.1) is 5.60 Å². The molecule has 2 aliphatic rings. The summed E-state index contributed by atoms with van der Waals surface area (Å²) in [6.07, 6.45) is 7.29. The molecule has 0 aliphatic carbocycles. The Bertz CT molecular complexity index is 896. The molecule has 2 aromatic rings. The van der Waals surface area contributed by atoms with E-state index in [0.29, 0.717) is 24.1 Å². The van der Waals surface area contributed by atoms with Crippen molar-refractivity contribution in [3.8, 4) is 0 Å². The number of piperidine rings is 1. The normalized spacial score (nSPS) is 20.9. The van der Waals surface area contributed by atoms with E-state index in [4.69, 9.17) is 4.74 Å². The van der Waals surface area contributed by atoms with Gasteiger partial charge >= 0.3 is 0 Å². The first kappa shape index (κ1) is 22.7. The van der Waals surface area contributed by atoms with Gasteiger partial charge in [0.15, 0.2) is 0 Å². The SMILES string of the molecule is CCN(C(=O)c1cccc(Nc2ncccn2)c1)C1CCOC2(CCN(C(C)C)CC2)C1. The van der Waals surface area contributed by atoms with Crippen LogP contribution >= 0.6 is 0 Å². The molecule has 3 heterocycles. The highest BCUT2D eigenvalue weighted by Gasteiger charge is 2.42. The lowest BCUT2D eigenvalue weighted by atomic mass is 9.81. The van der Waals surface area contributed by atoms with Gasteiger partial charge in [0.1, 0.15) is 0 Å². The third-order valence-electron chi connectivity index (χ3n) is 6.88. The summed E-state index contributed by atoms with van der Waals surface area (Å²) in [5, 5.41) is 3.18. The molecule has 4 rings (SSSR count). The lowest BCUT2D eigenvalue weighted by Crippen LogP contribution is -2.55. The number of carbonyl (C=O) groups is 1. The van der Waals surface area contributed by atoms with Crippen LogP contribution in [0.3, 0.4) is 0 Å². The van der Waals surface area contributed by atoms with Gasteiger partial charge in [-0.25, -0.2) is 9.97 Å². The first-order valence-electron chi connectivity index (χ1n) is 11.8. The van der Waals surface area contributed by atoms with E-state index in [9.17, 15) is 4.79 Å². The molecule has 7 nitrogen and oxygen atoms in total. The number of amides is 1. The first-order valence-corrected chi connectivity index (χ1v) is 11.8. The first-order chi connectivity index (χ1) is 15.5. The van der Waals surface area contributed by atoms with Crippen molar-refractivity contribution in [3.05, 3.63) is 48.3 Å². The van der Waals surface area contributed by atoms with E-state index in [2.05, 4.69) is 41.0 Å². The van der Waals surface area contributed by atoms with Crippen LogP contribution in [0.15, 0.2) is 42.7 Å². The molecule has 0 bridgehead atoms. The number of hydrogen-bond donors (Lipinski definition) is 1. The molecule has 32 heavy (non-hydrogen) atoms. The molecule has 1 amide bonds. The summed E-state index contributed by atoms with van der Waals surface area (Å²) in [5.74, 6) is 0.593. The number of nitrogens with one attached hydrogen (secondary N) is 1. The Labute approximate surface area is 191 Å². The molecule has 172 valence electrons. The van der Waals surface area contributed by atoms with Crippen molar-refractivity contribution in [2.45, 2.75) is 64.1 Å². The minimum atomic E-state index is -0.0872. The van der Waals surface area contributed by atoms with Crippen LogP contribution in [0, 0.1) is 0 Å². The van der Waals surface area contributed by atoms with E-state index in [1.54, 1.807) is 18.5 Å². The molecule has 2 aliphatic heterocycles. The second-order valence-corrected chi connectivity index (χ2v) is 9.18. The van der Waals surface area contributed by atoms with E-state index in [1.165, 1.54) is 0 Å². The number of benzene rings is 1. The van der Waals surface area contributed by atoms with Gasteiger partial charge in [0.25, 0.3) is 5.91 Å². The molecule has 1 aromatic carbocycles. The van der Waals surface area contributed by atoms with Crippen LogP contribution in [0.25, 0.3) is 0 Å². The maximum absolute atomic E-state index is 13.5. The summed E-state index contributed by atoms with van der Waals surface area (Å²) in [7, 11) is 0. The van der Waals surface area contributed by atoms with E-state index in [0.717, 1.165) is 51.1 Å². The van der Waals surface area contributed by atoms with Crippen molar-refractivity contribution in [1.82, 2.24) is 19.8 Å². The average Bonchev–Trinajstić information content (AvgIpc) is 2.81. The van der Waals surface area contributed by atoms with Gasteiger partial charge < -0.3 is 19.9 Å². The summed E-state index contributed by atoms with van der Waals surface area (Å²) in [6.45, 7) is 10.1. The van der Waals surface area contributed by atoms with E-state index < -0.39 is 0 Å². The summed E-state index contributed by atoms with van der Waals surface area (Å²) in [6, 6.07) is 10.2. The molecule has 1 spiro atoms. The zero-order valence-corrected chi connectivity index (χ0v) is 19.5. The molecule has 1 unspecified atom stereocenters. The summed E-state index contributed by atoms with van der Waals surface area (Å²) in [5.41, 5.74) is 1.40. The van der Waals surface area contributed by atoms with Gasteiger partial charge in [-0.2, -0.15) is 0 Å². The average molecular weight is 438 g/mol. The Balaban J connectivity index is 1.45. The summed E-state index contributed by atoms with van der Waals surface area (Å²) in [4.78, 5) is 26.5. The van der Waals surface area contributed by atoms with Gasteiger partial charge in [-0.3, -0.25) is 4.79 Å². The molecule has 1 aromatic heterocycles. The van der Waals surface area contributed by atoms with Crippen LogP contribution in [-0.4, -0.2) is 69.6 Å². The van der Waals surface area contributed by atoms with Crippen LogP contribution in [0.5, 0.6) is 0 Å². The lowest BCUT2D eigenvalue weighted by molar-refractivity contribution is -0.131. The Hall–Kier alpha value is -2.51. The number of nitrogens with zero attached hydrogens (tertiary/aromatic N) is 4. The van der Waals surface area contributed by atoms with Crippen molar-refractivity contribution in [2.24, 2.45) is 0 Å². The minimum Gasteiger partial charge on any atom is -0.375 e. The third-order valence-corrected chi connectivity index (χ3v) is 6.88. The molecular formula is C25H35N5O2. The molecule has 1 atom stereocenters. The number of aromatic nitrogens is 2. The van der Waals surface area contributed by atoms with Gasteiger partial charge in [-0.15, -0.1) is 0 Å². The number of rotatable bonds is 6. The fraction of sp³-hybridized carbons (Fsp3) is 0.560. The van der Waals surface area contributed by atoms with Crippen LogP contribution in [0.1, 0.15) is 56.8 Å². The van der Waals surface area contributed by atoms with Crippen LogP contribution in [0.4, 0.5) is 11.6 Å². The molecule has 2 fully saturated rings. The van der Waals surface area contributed by atoms with Crippen molar-refractivity contribution in [3.63, 3.8) is 0 Å². The second kappa shape index (κ2) is 9.96. The van der Waals surface area contributed by atoms with Crippen molar-refractivity contribution < 1.29 is 9.53 Å². The predicted octanol–water partition coefficient (Wildman–Crippen LogP) is 4.10. The fourth-order valence-electron chi connectivity index (χ4n) is 5.02. The fourth-order valence-corrected chi connectivity index (χ4v) is 5.02. The summed E-state index contributed by atoms with van der Waals surface area (Å²) < 4.78 is 6.34. The smallest absolute Gasteiger partial charge is 0.254 e. The standard InChI is InChI=1S/C25H35N5O2/c1-4-30(22-9-16-32-25(18-22)10-14-29(15-11-25)19(2)3)23(31)20-7-5-8-21(17-20)28-24-26-12-6-13-27-24/h5-8,12-13,17,19,22H,4,9-11,14-16,18H2,1-3H3,(H,26,27,28). The molecular weight excluding hydrogens is 402 g/mol. The molecule has 7 heteroatoms. The van der Waals surface area contributed by atoms with Crippen molar-refractivity contribution in [1.29, 1.82) is 0 Å². The highest BCUT2D eigenvalue weighted by Crippen LogP contribution is 2.37. The summed E-state index contributed by atoms with van der Waals surface area (Å²) >= 11 is 0. The second-order valence-electron chi connectivity index (χ2n) is 9.18. The van der Waals surface area contributed by atoms with Gasteiger partial charge in [-0.05, 0) is 70.7 Å². The van der Waals surface area contributed by atoms with Crippen LogP contribution in [0.2, 0.25) is 0 Å². The molecule has 2 saturated heterocycles. The topological polar surface area (TPSA) is 70.6 Å². The van der Waals surface area contributed by atoms with Gasteiger partial charge in [0, 0.05) is 62.0 Å². The quantitative estimate of drug-likeness (QED) is 0.734. The van der Waals surface area contributed by atoms with Gasteiger partial charge in [-0.1, -0.05) is 6.07 Å². The number of likely N-dealkylation sites (tertiary alicyclic amines) is 1. The van der Waals surface area contributed by atoms with E-state index >= 15 is 0 Å². The number of carbonyl (C=O) groups excluding carboxylic acids is 1. The highest BCUT2D eigenvalue weighted by molar-refractivity contribution is 5.95. The van der Waals surface area contributed by atoms with Crippen LogP contribution < -0.4 is 5.32 Å². The Morgan fingerprint density at radius 3 is 2.69 bits per heavy atom. The maximum atomic E-state index is 13.5. The number of ether oxygens (including phenoxy) is 1. The highest BCUT2D eigenvalue weighted by atomic mass is 16.5. The Morgan fingerprint density at radius 2 is 2.00 bits per heavy atom. The molecule has 0 saturated carbocycles. The number of hydrogen-bond acceptors (Lipinski definition) is 6. The van der Waals surface area contributed by atoms with Gasteiger partial charge in [0.2, 0.25) is 5.95 Å². The van der Waals surface area contributed by atoms with E-state index in [-0.39, 0.29) is 17.6 Å². The van der Waals surface area contributed by atoms with Crippen LogP contribution in [-0.2, 0) is 4.74 Å². The molecule has 0 radical (unpaired) electrons. The third kappa shape index (κ3) is 5.10. The Morgan fingerprint density at radius 1 is 1.25 bits per heavy atom. The zero-order valence-electron chi connectivity index (χ0n) is 19.5. The lowest BCUT2D eigenvalue weighted by Gasteiger charge is -2.49. The Kier molecular flexibility index (Phi) is 7.06. The minimum absolute atomic E-state index is 0.0757. The monoisotopic (exact) mass is 437 g/mol. The zero-order chi connectivity index (χ0) is 22.6. The van der Waals surface area contributed by atoms with Crippen molar-refractivity contribution >= 4 is 17.5 Å². The maximum Gasteiger partial charge on any atom is 0.254 e. The predicted molar refractivity (Wildman–Crippen MR) is 126 cm³/mol. The number of anilines is 2.